The molecule has 2 atom stereocenters. The number of hydrogen-bond acceptors (Lipinski definition) is 4. The van der Waals surface area contributed by atoms with Crippen molar-refractivity contribution in [3.05, 3.63) is 0 Å². The summed E-state index contributed by atoms with van der Waals surface area (Å²) in [5.74, 6) is 0.0212. The Balaban J connectivity index is 2.31. The number of morpholine rings is 1. The quantitative estimate of drug-likeness (QED) is 0.738. The third kappa shape index (κ3) is 4.17. The van der Waals surface area contributed by atoms with Gasteiger partial charge in [-0.05, 0) is 13.3 Å². The zero-order valence-electron chi connectivity index (χ0n) is 9.90. The molecule has 1 rings (SSSR count). The molecule has 0 bridgehead atoms. The van der Waals surface area contributed by atoms with Gasteiger partial charge in [0.2, 0.25) is 5.91 Å². The molecule has 0 aromatic rings. The van der Waals surface area contributed by atoms with Crippen LogP contribution < -0.4 is 5.32 Å². The molecule has 90 valence electrons. The van der Waals surface area contributed by atoms with E-state index in [-0.39, 0.29) is 11.9 Å². The highest BCUT2D eigenvalue weighted by Gasteiger charge is 2.21. The third-order valence-corrected chi connectivity index (χ3v) is 2.68. The molecule has 1 fully saturated rings. The Morgan fingerprint density at radius 3 is 3.12 bits per heavy atom. The maximum Gasteiger partial charge on any atom is 0.234 e. The minimum atomic E-state index is -0.398. The van der Waals surface area contributed by atoms with Crippen molar-refractivity contribution in [2.45, 2.75) is 32.4 Å². The Labute approximate surface area is 96.4 Å². The van der Waals surface area contributed by atoms with Gasteiger partial charge in [0, 0.05) is 19.1 Å². The van der Waals surface area contributed by atoms with Crippen LogP contribution in [0.15, 0.2) is 0 Å². The lowest BCUT2D eigenvalue weighted by Crippen LogP contribution is -2.47. The van der Waals surface area contributed by atoms with E-state index in [1.165, 1.54) is 0 Å². The summed E-state index contributed by atoms with van der Waals surface area (Å²) in [6, 6.07) is 2.27. The summed E-state index contributed by atoms with van der Waals surface area (Å²) in [5.41, 5.74) is 0. The first-order valence-corrected chi connectivity index (χ1v) is 5.68. The zero-order chi connectivity index (χ0) is 12.0. The molecule has 0 radical (unpaired) electrons. The van der Waals surface area contributed by atoms with Crippen molar-refractivity contribution in [3.8, 4) is 6.07 Å². The van der Waals surface area contributed by atoms with Gasteiger partial charge >= 0.3 is 0 Å². The molecule has 1 aliphatic rings. The molecule has 1 aliphatic heterocycles. The third-order valence-electron chi connectivity index (χ3n) is 2.68. The number of carbonyl (C=O) groups excluding carboxylic acids is 1. The Hall–Kier alpha value is -1.12. The summed E-state index contributed by atoms with van der Waals surface area (Å²) in [6.07, 6.45) is 0.528. The highest BCUT2D eigenvalue weighted by atomic mass is 16.5. The first kappa shape index (κ1) is 12.9. The molecule has 1 saturated heterocycles. The first-order valence-electron chi connectivity index (χ1n) is 5.68. The van der Waals surface area contributed by atoms with Crippen molar-refractivity contribution in [1.82, 2.24) is 10.2 Å². The monoisotopic (exact) mass is 225 g/mol. The van der Waals surface area contributed by atoms with Gasteiger partial charge in [-0.25, -0.2) is 0 Å². The van der Waals surface area contributed by atoms with E-state index >= 15 is 0 Å². The zero-order valence-corrected chi connectivity index (χ0v) is 9.90. The van der Waals surface area contributed by atoms with E-state index in [2.05, 4.69) is 11.4 Å². The van der Waals surface area contributed by atoms with Crippen molar-refractivity contribution in [2.75, 3.05) is 26.2 Å². The van der Waals surface area contributed by atoms with Crippen LogP contribution in [0, 0.1) is 11.3 Å². The van der Waals surface area contributed by atoms with Gasteiger partial charge in [-0.2, -0.15) is 5.26 Å². The molecule has 0 aromatic heterocycles. The summed E-state index contributed by atoms with van der Waals surface area (Å²) in [5, 5.41) is 11.6. The van der Waals surface area contributed by atoms with Gasteiger partial charge in [0.05, 0.1) is 19.2 Å². The topological polar surface area (TPSA) is 65.4 Å². The molecule has 0 spiro atoms. The number of rotatable bonds is 4. The van der Waals surface area contributed by atoms with E-state index in [4.69, 9.17) is 10.00 Å². The Kier molecular flexibility index (Phi) is 5.23. The minimum Gasteiger partial charge on any atom is -0.361 e. The fourth-order valence-electron chi connectivity index (χ4n) is 1.55. The van der Waals surface area contributed by atoms with Crippen LogP contribution in [-0.4, -0.2) is 49.2 Å². The van der Waals surface area contributed by atoms with Gasteiger partial charge in [-0.15, -0.1) is 0 Å². The lowest BCUT2D eigenvalue weighted by Gasteiger charge is -2.29. The molecule has 16 heavy (non-hydrogen) atoms. The van der Waals surface area contributed by atoms with E-state index in [0.29, 0.717) is 26.2 Å². The van der Waals surface area contributed by atoms with E-state index in [0.717, 1.165) is 6.42 Å². The van der Waals surface area contributed by atoms with Gasteiger partial charge in [0.15, 0.2) is 6.10 Å². The average molecular weight is 225 g/mol. The smallest absolute Gasteiger partial charge is 0.234 e. The predicted molar refractivity (Wildman–Crippen MR) is 59.7 cm³/mol. The number of nitrogens with zero attached hydrogens (tertiary/aromatic N) is 2. The maximum atomic E-state index is 11.6. The van der Waals surface area contributed by atoms with E-state index in [1.54, 1.807) is 0 Å². The number of nitrogens with one attached hydrogen (secondary N) is 1. The van der Waals surface area contributed by atoms with Crippen molar-refractivity contribution >= 4 is 5.91 Å². The van der Waals surface area contributed by atoms with Gasteiger partial charge < -0.3 is 10.1 Å². The van der Waals surface area contributed by atoms with E-state index in [9.17, 15) is 4.79 Å². The highest BCUT2D eigenvalue weighted by molar-refractivity contribution is 5.78. The van der Waals surface area contributed by atoms with Crippen LogP contribution >= 0.6 is 0 Å². The Bertz CT molecular complexity index is 275. The number of carbonyl (C=O) groups is 1. The van der Waals surface area contributed by atoms with Crippen LogP contribution in [-0.2, 0) is 9.53 Å². The molecule has 0 aliphatic carbocycles. The van der Waals surface area contributed by atoms with E-state index in [1.807, 2.05) is 18.7 Å². The molecular weight excluding hydrogens is 206 g/mol. The minimum absolute atomic E-state index is 0.0212. The van der Waals surface area contributed by atoms with Crippen molar-refractivity contribution in [1.29, 1.82) is 5.26 Å². The summed E-state index contributed by atoms with van der Waals surface area (Å²) >= 11 is 0. The molecule has 5 heteroatoms. The summed E-state index contributed by atoms with van der Waals surface area (Å²) in [6.45, 7) is 6.12. The predicted octanol–water partition coefficient (Wildman–Crippen LogP) is 0.125. The van der Waals surface area contributed by atoms with Crippen LogP contribution in [0.5, 0.6) is 0 Å². The molecule has 0 aromatic carbocycles. The first-order chi connectivity index (χ1) is 7.65. The molecule has 5 nitrogen and oxygen atoms in total. The number of hydrogen-bond donors (Lipinski definition) is 1. The van der Waals surface area contributed by atoms with E-state index < -0.39 is 6.10 Å². The second kappa shape index (κ2) is 6.46. The second-order valence-corrected chi connectivity index (χ2v) is 4.10. The van der Waals surface area contributed by atoms with Gasteiger partial charge in [-0.3, -0.25) is 9.69 Å². The van der Waals surface area contributed by atoms with Crippen LogP contribution in [0.2, 0.25) is 0 Å². The van der Waals surface area contributed by atoms with Crippen molar-refractivity contribution < 1.29 is 9.53 Å². The number of nitriles is 1. The van der Waals surface area contributed by atoms with Gasteiger partial charge in [0.25, 0.3) is 0 Å². The summed E-state index contributed by atoms with van der Waals surface area (Å²) in [4.78, 5) is 13.6. The fraction of sp³-hybridized carbons (Fsp3) is 0.818. The normalized spacial score (nSPS) is 23.4. The lowest BCUT2D eigenvalue weighted by molar-refractivity contribution is -0.124. The molecule has 1 N–H and O–H groups in total. The van der Waals surface area contributed by atoms with Crippen molar-refractivity contribution in [3.63, 3.8) is 0 Å². The molecular formula is C11H19N3O2. The largest absolute Gasteiger partial charge is 0.361 e. The van der Waals surface area contributed by atoms with Crippen molar-refractivity contribution in [2.24, 2.45) is 0 Å². The van der Waals surface area contributed by atoms with Crippen LogP contribution in [0.4, 0.5) is 0 Å². The van der Waals surface area contributed by atoms with Crippen LogP contribution in [0.1, 0.15) is 20.3 Å². The number of amides is 1. The van der Waals surface area contributed by atoms with Crippen LogP contribution in [0.3, 0.4) is 0 Å². The maximum absolute atomic E-state index is 11.6. The van der Waals surface area contributed by atoms with Crippen LogP contribution in [0.25, 0.3) is 0 Å². The standard InChI is InChI=1S/C11H19N3O2/c1-3-9(2)13-11(15)8-14-4-5-16-10(6-12)7-14/h9-10H,3-5,7-8H2,1-2H3,(H,13,15). The molecule has 2 unspecified atom stereocenters. The molecule has 1 amide bonds. The van der Waals surface area contributed by atoms with Gasteiger partial charge in [0.1, 0.15) is 0 Å². The SMILES string of the molecule is CCC(C)NC(=O)CN1CCOC(C#N)C1. The highest BCUT2D eigenvalue weighted by Crippen LogP contribution is 2.03. The number of ether oxygens (including phenoxy) is 1. The Morgan fingerprint density at radius 1 is 1.75 bits per heavy atom. The summed E-state index contributed by atoms with van der Waals surface area (Å²) in [7, 11) is 0. The van der Waals surface area contributed by atoms with Gasteiger partial charge in [-0.1, -0.05) is 6.92 Å². The lowest BCUT2D eigenvalue weighted by atomic mass is 10.2. The Morgan fingerprint density at radius 2 is 2.50 bits per heavy atom. The second-order valence-electron chi connectivity index (χ2n) is 4.10. The fourth-order valence-corrected chi connectivity index (χ4v) is 1.55. The summed E-state index contributed by atoms with van der Waals surface area (Å²) < 4.78 is 5.21. The average Bonchev–Trinajstić information content (AvgIpc) is 2.28. The molecule has 1 heterocycles. The molecule has 0 saturated carbocycles.